The third kappa shape index (κ3) is 3.33. The van der Waals surface area contributed by atoms with Crippen LogP contribution in [-0.4, -0.2) is 29.6 Å². The molecule has 0 unspecified atom stereocenters. The van der Waals surface area contributed by atoms with Gasteiger partial charge in [0.05, 0.1) is 29.1 Å². The van der Waals surface area contributed by atoms with Crippen molar-refractivity contribution in [2.45, 2.75) is 39.8 Å². The summed E-state index contributed by atoms with van der Waals surface area (Å²) in [4.78, 5) is 0. The molecule has 1 saturated heterocycles. The van der Waals surface area contributed by atoms with Crippen LogP contribution in [0.3, 0.4) is 0 Å². The molecule has 0 N–H and O–H groups in total. The first kappa shape index (κ1) is 14.0. The Morgan fingerprint density at radius 2 is 2.17 bits per heavy atom. The Morgan fingerprint density at radius 1 is 1.44 bits per heavy atom. The van der Waals surface area contributed by atoms with E-state index in [2.05, 4.69) is 28.0 Å². The zero-order valence-electron chi connectivity index (χ0n) is 11.1. The summed E-state index contributed by atoms with van der Waals surface area (Å²) in [6, 6.07) is 0. The zero-order valence-corrected chi connectivity index (χ0v) is 12.7. The maximum atomic E-state index is 5.85. The van der Waals surface area contributed by atoms with Gasteiger partial charge in [0.25, 0.3) is 0 Å². The summed E-state index contributed by atoms with van der Waals surface area (Å²) in [5, 5.41) is 4.46. The van der Waals surface area contributed by atoms with E-state index in [0.29, 0.717) is 12.5 Å². The van der Waals surface area contributed by atoms with Crippen molar-refractivity contribution >= 4 is 15.9 Å². The van der Waals surface area contributed by atoms with Crippen molar-refractivity contribution in [3.63, 3.8) is 0 Å². The van der Waals surface area contributed by atoms with E-state index in [4.69, 9.17) is 9.47 Å². The van der Waals surface area contributed by atoms with E-state index in [1.165, 1.54) is 0 Å². The second-order valence-electron chi connectivity index (χ2n) is 4.73. The second kappa shape index (κ2) is 6.68. The Bertz CT molecular complexity index is 387. The van der Waals surface area contributed by atoms with E-state index in [-0.39, 0.29) is 0 Å². The number of halogens is 1. The molecule has 1 aromatic heterocycles. The van der Waals surface area contributed by atoms with Crippen LogP contribution in [0, 0.1) is 12.8 Å². The van der Waals surface area contributed by atoms with Crippen LogP contribution in [0.5, 0.6) is 0 Å². The fraction of sp³-hybridized carbons (Fsp3) is 0.769. The lowest BCUT2D eigenvalue weighted by Crippen LogP contribution is -2.20. The van der Waals surface area contributed by atoms with E-state index < -0.39 is 0 Å². The largest absolute Gasteiger partial charge is 0.381 e. The minimum Gasteiger partial charge on any atom is -0.381 e. The lowest BCUT2D eigenvalue weighted by atomic mass is 10.0. The molecule has 0 amide bonds. The lowest BCUT2D eigenvalue weighted by molar-refractivity contribution is 0.0141. The van der Waals surface area contributed by atoms with Crippen LogP contribution in [0.25, 0.3) is 0 Å². The molecular weight excluding hydrogens is 296 g/mol. The summed E-state index contributed by atoms with van der Waals surface area (Å²) in [5.41, 5.74) is 2.17. The van der Waals surface area contributed by atoms with Crippen LogP contribution >= 0.6 is 15.9 Å². The summed E-state index contributed by atoms with van der Waals surface area (Å²) < 4.78 is 14.3. The van der Waals surface area contributed by atoms with Crippen molar-refractivity contribution in [3.8, 4) is 0 Å². The van der Waals surface area contributed by atoms with Crippen molar-refractivity contribution in [1.29, 1.82) is 0 Å². The van der Waals surface area contributed by atoms with Gasteiger partial charge in [0, 0.05) is 19.8 Å². The first-order chi connectivity index (χ1) is 8.72. The van der Waals surface area contributed by atoms with Gasteiger partial charge in [0.1, 0.15) is 0 Å². The van der Waals surface area contributed by atoms with Crippen molar-refractivity contribution in [2.24, 2.45) is 5.92 Å². The van der Waals surface area contributed by atoms with Gasteiger partial charge in [0.2, 0.25) is 0 Å². The molecule has 0 radical (unpaired) electrons. The fourth-order valence-corrected chi connectivity index (χ4v) is 2.64. The van der Waals surface area contributed by atoms with Crippen molar-refractivity contribution < 1.29 is 9.47 Å². The SMILES string of the molecule is CCn1nc(C)c(Br)c1COCC1CCOCC1. The first-order valence-corrected chi connectivity index (χ1v) is 7.39. The van der Waals surface area contributed by atoms with Crippen LogP contribution < -0.4 is 0 Å². The molecule has 0 atom stereocenters. The first-order valence-electron chi connectivity index (χ1n) is 6.59. The molecule has 102 valence electrons. The predicted octanol–water partition coefficient (Wildman–Crippen LogP) is 2.92. The monoisotopic (exact) mass is 316 g/mol. The molecule has 2 rings (SSSR count). The minimum atomic E-state index is 0.632. The highest BCUT2D eigenvalue weighted by Gasteiger charge is 2.16. The minimum absolute atomic E-state index is 0.632. The Kier molecular flexibility index (Phi) is 5.21. The molecular formula is C13H21BrN2O2. The van der Waals surface area contributed by atoms with Gasteiger partial charge in [-0.1, -0.05) is 0 Å². The molecule has 2 heterocycles. The molecule has 1 aliphatic rings. The van der Waals surface area contributed by atoms with Crippen LogP contribution in [0.2, 0.25) is 0 Å². The number of ether oxygens (including phenoxy) is 2. The average Bonchev–Trinajstić information content (AvgIpc) is 2.67. The Balaban J connectivity index is 1.85. The standard InChI is InChI=1S/C13H21BrN2O2/c1-3-16-12(13(14)10(2)15-16)9-18-8-11-4-6-17-7-5-11/h11H,3-9H2,1-2H3. The Labute approximate surface area is 117 Å². The molecule has 1 aliphatic heterocycles. The number of rotatable bonds is 5. The summed E-state index contributed by atoms with van der Waals surface area (Å²) >= 11 is 3.58. The van der Waals surface area contributed by atoms with Crippen molar-refractivity contribution in [2.75, 3.05) is 19.8 Å². The van der Waals surface area contributed by atoms with Crippen LogP contribution in [-0.2, 0) is 22.6 Å². The van der Waals surface area contributed by atoms with Gasteiger partial charge < -0.3 is 9.47 Å². The molecule has 4 nitrogen and oxygen atoms in total. The Hall–Kier alpha value is -0.390. The summed E-state index contributed by atoms with van der Waals surface area (Å²) in [6.45, 7) is 8.20. The Morgan fingerprint density at radius 3 is 2.83 bits per heavy atom. The predicted molar refractivity (Wildman–Crippen MR) is 73.5 cm³/mol. The van der Waals surface area contributed by atoms with Gasteiger partial charge in [-0.3, -0.25) is 4.68 Å². The third-order valence-corrected chi connectivity index (χ3v) is 4.42. The van der Waals surface area contributed by atoms with E-state index in [0.717, 1.165) is 55.1 Å². The van der Waals surface area contributed by atoms with Crippen molar-refractivity contribution in [1.82, 2.24) is 9.78 Å². The van der Waals surface area contributed by atoms with E-state index >= 15 is 0 Å². The molecule has 0 saturated carbocycles. The van der Waals surface area contributed by atoms with Gasteiger partial charge in [-0.15, -0.1) is 0 Å². The van der Waals surface area contributed by atoms with Crippen LogP contribution in [0.15, 0.2) is 4.47 Å². The highest BCUT2D eigenvalue weighted by atomic mass is 79.9. The molecule has 5 heteroatoms. The molecule has 1 fully saturated rings. The molecule has 0 bridgehead atoms. The van der Waals surface area contributed by atoms with Gasteiger partial charge in [-0.25, -0.2) is 0 Å². The topological polar surface area (TPSA) is 36.3 Å². The molecule has 0 spiro atoms. The number of aromatic nitrogens is 2. The maximum Gasteiger partial charge on any atom is 0.0896 e. The fourth-order valence-electron chi connectivity index (χ4n) is 2.24. The molecule has 0 aromatic carbocycles. The molecule has 18 heavy (non-hydrogen) atoms. The summed E-state index contributed by atoms with van der Waals surface area (Å²) in [7, 11) is 0. The quantitative estimate of drug-likeness (QED) is 0.838. The van der Waals surface area contributed by atoms with Gasteiger partial charge in [-0.05, 0) is 48.5 Å². The highest BCUT2D eigenvalue weighted by Crippen LogP contribution is 2.22. The smallest absolute Gasteiger partial charge is 0.0896 e. The van der Waals surface area contributed by atoms with Gasteiger partial charge in [-0.2, -0.15) is 5.10 Å². The van der Waals surface area contributed by atoms with Crippen LogP contribution in [0.4, 0.5) is 0 Å². The number of aryl methyl sites for hydroxylation is 2. The van der Waals surface area contributed by atoms with Gasteiger partial charge >= 0.3 is 0 Å². The summed E-state index contributed by atoms with van der Waals surface area (Å²) in [5.74, 6) is 0.650. The average molecular weight is 317 g/mol. The number of hydrogen-bond acceptors (Lipinski definition) is 3. The van der Waals surface area contributed by atoms with E-state index in [1.54, 1.807) is 0 Å². The molecule has 1 aromatic rings. The number of nitrogens with zero attached hydrogens (tertiary/aromatic N) is 2. The van der Waals surface area contributed by atoms with Gasteiger partial charge in [0.15, 0.2) is 0 Å². The normalized spacial score (nSPS) is 17.3. The van der Waals surface area contributed by atoms with E-state index in [1.807, 2.05) is 11.6 Å². The maximum absolute atomic E-state index is 5.85. The second-order valence-corrected chi connectivity index (χ2v) is 5.53. The highest BCUT2D eigenvalue weighted by molar-refractivity contribution is 9.10. The molecule has 0 aliphatic carbocycles. The van der Waals surface area contributed by atoms with Crippen LogP contribution in [0.1, 0.15) is 31.2 Å². The third-order valence-electron chi connectivity index (χ3n) is 3.39. The summed E-state index contributed by atoms with van der Waals surface area (Å²) in [6.07, 6.45) is 2.24. The number of hydrogen-bond donors (Lipinski definition) is 0. The van der Waals surface area contributed by atoms with Crippen molar-refractivity contribution in [3.05, 3.63) is 15.9 Å². The zero-order chi connectivity index (χ0) is 13.0. The lowest BCUT2D eigenvalue weighted by Gasteiger charge is -2.21. The van der Waals surface area contributed by atoms with E-state index in [9.17, 15) is 0 Å².